The third kappa shape index (κ3) is 7.60. The molecule has 0 spiro atoms. The minimum atomic E-state index is -1.82. The third-order valence-corrected chi connectivity index (χ3v) is 0.258. The van der Waals surface area contributed by atoms with E-state index in [9.17, 15) is 9.59 Å². The molecule has 0 aliphatic rings. The van der Waals surface area contributed by atoms with Gasteiger partial charge in [-0.15, -0.1) is 0 Å². The Kier molecular flexibility index (Phi) is 13.4. The summed E-state index contributed by atoms with van der Waals surface area (Å²) in [7, 11) is 0. The molecule has 0 aliphatic carbocycles. The fourth-order valence-corrected chi connectivity index (χ4v) is 0.0390. The number of rotatable bonds is 0. The molecule has 53 valence electrons. The molecule has 0 atom stereocenters. The Morgan fingerprint density at radius 1 is 1.33 bits per heavy atom. The van der Waals surface area contributed by atoms with E-state index in [4.69, 9.17) is 10.4 Å². The van der Waals surface area contributed by atoms with Gasteiger partial charge in [-0.05, 0) is 0 Å². The topological polar surface area (TPSA) is 119 Å². The molecule has 0 saturated carbocycles. The fourth-order valence-electron chi connectivity index (χ4n) is 0.0390. The molecule has 1 radical (unpaired) electrons. The molecule has 5 N–H and O–H groups in total. The molecule has 0 aromatic rings. The van der Waals surface area contributed by atoms with Crippen LogP contribution in [-0.4, -0.2) is 22.3 Å². The van der Waals surface area contributed by atoms with Crippen molar-refractivity contribution in [2.75, 3.05) is 0 Å². The van der Waals surface area contributed by atoms with Crippen molar-refractivity contribution >= 4 is 11.9 Å². The van der Waals surface area contributed by atoms with Crippen molar-refractivity contribution in [2.24, 2.45) is 0 Å². The summed E-state index contributed by atoms with van der Waals surface area (Å²) in [5.41, 5.74) is 0. The Bertz CT molecular complexity index is 103. The van der Waals surface area contributed by atoms with E-state index in [1.165, 1.54) is 0 Å². The second kappa shape index (κ2) is 7.60. The van der Waals surface area contributed by atoms with Gasteiger partial charge in [-0.1, -0.05) is 0 Å². The summed E-state index contributed by atoms with van der Waals surface area (Å²) in [6.07, 6.45) is 0. The van der Waals surface area contributed by atoms with Crippen molar-refractivity contribution in [3.63, 3.8) is 0 Å². The van der Waals surface area contributed by atoms with Crippen LogP contribution in [0.25, 0.3) is 0 Å². The molecule has 0 aromatic heterocycles. The maximum atomic E-state index is 9.44. The number of aliphatic carboxylic acids is 1. The van der Waals surface area contributed by atoms with E-state index in [0.29, 0.717) is 0 Å². The Morgan fingerprint density at radius 3 is 1.67 bits per heavy atom. The van der Waals surface area contributed by atoms with Crippen molar-refractivity contribution in [1.29, 1.82) is 0 Å². The molecule has 0 fully saturated rings. The smallest absolute Gasteiger partial charge is 0.449 e. The zero-order valence-electron chi connectivity index (χ0n) is 4.27. The Balaban J connectivity index is -0.000000180. The summed E-state index contributed by atoms with van der Waals surface area (Å²) in [6.45, 7) is 0. The van der Waals surface area contributed by atoms with Crippen molar-refractivity contribution in [2.45, 2.75) is 0 Å². The van der Waals surface area contributed by atoms with Gasteiger partial charge in [0.1, 0.15) is 0 Å². The predicted molar refractivity (Wildman–Crippen MR) is 21.4 cm³/mol. The molecule has 0 saturated heterocycles. The average molecular weight is 216 g/mol. The number of hydrogen-bond donors (Lipinski definition) is 3. The van der Waals surface area contributed by atoms with Gasteiger partial charge in [0.2, 0.25) is 0 Å². The van der Waals surface area contributed by atoms with E-state index < -0.39 is 11.9 Å². The Labute approximate surface area is 65.8 Å². The van der Waals surface area contributed by atoms with E-state index in [2.05, 4.69) is 4.89 Å². The molecule has 9 heavy (non-hydrogen) atoms. The van der Waals surface area contributed by atoms with Crippen LogP contribution in [0.3, 0.4) is 0 Å². The molecule has 0 heterocycles. The first-order valence-electron chi connectivity index (χ1n) is 1.27. The zero-order valence-corrected chi connectivity index (χ0v) is 6.47. The van der Waals surface area contributed by atoms with E-state index >= 15 is 0 Å². The first-order chi connectivity index (χ1) is 3.18. The van der Waals surface area contributed by atoms with Gasteiger partial charge in [-0.25, -0.2) is 9.59 Å². The van der Waals surface area contributed by atoms with E-state index in [1.54, 1.807) is 0 Å². The fraction of sp³-hybridized carbons (Fsp3) is 0. The molecule has 0 bridgehead atoms. The molecule has 7 heteroatoms. The number of carbonyl (C=O) groups excluding carboxylic acids is 1. The normalized spacial score (nSPS) is 5.89. The van der Waals surface area contributed by atoms with Gasteiger partial charge >= 0.3 is 11.9 Å². The maximum absolute atomic E-state index is 9.44. The van der Waals surface area contributed by atoms with Crippen LogP contribution in [0.1, 0.15) is 0 Å². The standard InChI is InChI=1S/C2H2O5.H3N.Nb/c3-1(4)2(5)7-6;;/h6H,(H,3,4);1H3;. The summed E-state index contributed by atoms with van der Waals surface area (Å²) in [5, 5.41) is 14.8. The van der Waals surface area contributed by atoms with Crippen molar-refractivity contribution in [3.05, 3.63) is 0 Å². The monoisotopic (exact) mass is 216 g/mol. The van der Waals surface area contributed by atoms with Gasteiger partial charge in [0.05, 0.1) is 0 Å². The molecule has 0 unspecified atom stereocenters. The minimum Gasteiger partial charge on any atom is -0.473 e. The molecule has 0 amide bonds. The van der Waals surface area contributed by atoms with Crippen LogP contribution in [0.2, 0.25) is 0 Å². The second-order valence-corrected chi connectivity index (χ2v) is 0.684. The number of carboxylic acids is 1. The predicted octanol–water partition coefficient (Wildman–Crippen LogP) is -0.753. The second-order valence-electron chi connectivity index (χ2n) is 0.684. The van der Waals surface area contributed by atoms with Crippen LogP contribution in [0.5, 0.6) is 0 Å². The number of hydrogen-bond acceptors (Lipinski definition) is 5. The van der Waals surface area contributed by atoms with Gasteiger partial charge in [0.25, 0.3) is 0 Å². The molecular formula is C2H5NNbO5. The quantitative estimate of drug-likeness (QED) is 0.212. The van der Waals surface area contributed by atoms with Crippen molar-refractivity contribution < 1.29 is 47.2 Å². The van der Waals surface area contributed by atoms with Crippen LogP contribution in [0.4, 0.5) is 0 Å². The van der Waals surface area contributed by atoms with Crippen molar-refractivity contribution in [1.82, 2.24) is 6.15 Å². The first kappa shape index (κ1) is 15.8. The SMILES string of the molecule is N.O=C(O)C(=O)OO.[Nb]. The van der Waals surface area contributed by atoms with Crippen LogP contribution in [-0.2, 0) is 36.9 Å². The largest absolute Gasteiger partial charge is 0.473 e. The Hall–Kier alpha value is -0.400. The number of carbonyl (C=O) groups is 2. The van der Waals surface area contributed by atoms with Gasteiger partial charge < -0.3 is 11.3 Å². The summed E-state index contributed by atoms with van der Waals surface area (Å²) in [6, 6.07) is 0. The molecule has 0 rings (SSSR count). The van der Waals surface area contributed by atoms with Crippen molar-refractivity contribution in [3.8, 4) is 0 Å². The third-order valence-electron chi connectivity index (χ3n) is 0.258. The zero-order chi connectivity index (χ0) is 5.86. The molecule has 0 aromatic carbocycles. The molecule has 0 aliphatic heterocycles. The van der Waals surface area contributed by atoms with Crippen LogP contribution < -0.4 is 6.15 Å². The maximum Gasteiger partial charge on any atom is 0.449 e. The first-order valence-corrected chi connectivity index (χ1v) is 1.27. The number of carboxylic acid groups (broad SMARTS) is 1. The minimum absolute atomic E-state index is 0. The van der Waals surface area contributed by atoms with Gasteiger partial charge in [-0.3, -0.25) is 4.89 Å². The van der Waals surface area contributed by atoms with Crippen LogP contribution >= 0.6 is 0 Å². The summed E-state index contributed by atoms with van der Waals surface area (Å²) in [5.74, 6) is -3.50. The van der Waals surface area contributed by atoms with E-state index in [0.717, 1.165) is 0 Å². The Morgan fingerprint density at radius 2 is 1.67 bits per heavy atom. The van der Waals surface area contributed by atoms with Crippen LogP contribution in [0, 0.1) is 0 Å². The summed E-state index contributed by atoms with van der Waals surface area (Å²) in [4.78, 5) is 21.5. The van der Waals surface area contributed by atoms with Gasteiger partial charge in [-0.2, -0.15) is 5.26 Å². The summed E-state index contributed by atoms with van der Waals surface area (Å²) < 4.78 is 0. The molecular weight excluding hydrogens is 211 g/mol. The van der Waals surface area contributed by atoms with E-state index in [-0.39, 0.29) is 28.5 Å². The van der Waals surface area contributed by atoms with E-state index in [1.807, 2.05) is 0 Å². The molecule has 6 nitrogen and oxygen atoms in total. The average Bonchev–Trinajstić information content (AvgIpc) is 1.65. The summed E-state index contributed by atoms with van der Waals surface area (Å²) >= 11 is 0. The van der Waals surface area contributed by atoms with Gasteiger partial charge in [0, 0.05) is 22.4 Å². The van der Waals surface area contributed by atoms with Crippen LogP contribution in [0.15, 0.2) is 0 Å². The van der Waals surface area contributed by atoms with Gasteiger partial charge in [0.15, 0.2) is 0 Å².